The van der Waals surface area contributed by atoms with Crippen LogP contribution >= 0.6 is 24.0 Å². The number of fused-ring (bicyclic) bond motifs is 5. The van der Waals surface area contributed by atoms with Crippen LogP contribution in [0, 0.1) is 29.5 Å². The molecule has 0 aromatic heterocycles. The number of halogens is 2. The monoisotopic (exact) mass is 556 g/mol. The Balaban J connectivity index is 0.00000289. The average molecular weight is 556 g/mol. The second-order valence-electron chi connectivity index (χ2n) is 8.17. The molecule has 1 saturated carbocycles. The van der Waals surface area contributed by atoms with Gasteiger partial charge in [0.2, 0.25) is 11.8 Å². The Hall–Kier alpha value is -2.17. The van der Waals surface area contributed by atoms with Crippen molar-refractivity contribution in [2.24, 2.45) is 28.7 Å². The third-order valence-electron chi connectivity index (χ3n) is 6.19. The molecule has 2 aliphatic carbocycles. The van der Waals surface area contributed by atoms with Crippen molar-refractivity contribution in [2.45, 2.75) is 19.8 Å². The normalized spacial score (nSPS) is 25.7. The summed E-state index contributed by atoms with van der Waals surface area (Å²) in [6, 6.07) is 5.93. The number of imide groups is 1. The van der Waals surface area contributed by atoms with Crippen molar-refractivity contribution in [1.29, 1.82) is 0 Å². The number of carbonyl (C=O) groups is 2. The van der Waals surface area contributed by atoms with E-state index in [2.05, 4.69) is 27.8 Å². The molecule has 2 N–H and O–H groups in total. The van der Waals surface area contributed by atoms with Crippen molar-refractivity contribution in [3.63, 3.8) is 0 Å². The molecule has 4 unspecified atom stereocenters. The number of guanidine groups is 1. The molecule has 4 rings (SSSR count). The second kappa shape index (κ2) is 11.1. The topological polar surface area (TPSA) is 83.0 Å². The van der Waals surface area contributed by atoms with Crippen molar-refractivity contribution in [1.82, 2.24) is 15.5 Å². The Morgan fingerprint density at radius 3 is 2.41 bits per heavy atom. The predicted molar refractivity (Wildman–Crippen MR) is 130 cm³/mol. The van der Waals surface area contributed by atoms with Crippen molar-refractivity contribution < 1.29 is 18.7 Å². The van der Waals surface area contributed by atoms with Gasteiger partial charge in [-0.2, -0.15) is 0 Å². The molecule has 1 aliphatic heterocycles. The molecule has 9 heteroatoms. The van der Waals surface area contributed by atoms with Crippen molar-refractivity contribution >= 4 is 41.8 Å². The van der Waals surface area contributed by atoms with E-state index in [0.717, 1.165) is 6.42 Å². The van der Waals surface area contributed by atoms with Crippen molar-refractivity contribution in [3.05, 3.63) is 42.2 Å². The average Bonchev–Trinajstić information content (AvgIpc) is 3.44. The first kappa shape index (κ1) is 24.5. The van der Waals surface area contributed by atoms with Gasteiger partial charge in [0.25, 0.3) is 0 Å². The molecule has 32 heavy (non-hydrogen) atoms. The minimum atomic E-state index is -0.289. The van der Waals surface area contributed by atoms with Gasteiger partial charge in [0.05, 0.1) is 18.4 Å². The Kier molecular flexibility index (Phi) is 8.50. The first-order chi connectivity index (χ1) is 15.1. The maximum atomic E-state index is 12.9. The van der Waals surface area contributed by atoms with Crippen LogP contribution in [-0.4, -0.2) is 55.5 Å². The van der Waals surface area contributed by atoms with E-state index >= 15 is 0 Å². The molecule has 7 nitrogen and oxygen atoms in total. The van der Waals surface area contributed by atoms with E-state index in [9.17, 15) is 14.0 Å². The first-order valence-electron chi connectivity index (χ1n) is 11.0. The third kappa shape index (κ3) is 5.24. The van der Waals surface area contributed by atoms with E-state index in [-0.39, 0.29) is 65.3 Å². The van der Waals surface area contributed by atoms with Gasteiger partial charge in [0.15, 0.2) is 5.96 Å². The molecular weight excluding hydrogens is 526 g/mol. The fourth-order valence-corrected chi connectivity index (χ4v) is 4.79. The smallest absolute Gasteiger partial charge is 0.233 e. The fourth-order valence-electron chi connectivity index (χ4n) is 4.79. The first-order valence-corrected chi connectivity index (χ1v) is 11.0. The number of nitrogens with zero attached hydrogens (tertiary/aromatic N) is 2. The van der Waals surface area contributed by atoms with Crippen LogP contribution < -0.4 is 15.4 Å². The largest absolute Gasteiger partial charge is 0.494 e. The van der Waals surface area contributed by atoms with Gasteiger partial charge in [-0.05, 0) is 49.4 Å². The summed E-state index contributed by atoms with van der Waals surface area (Å²) in [6.45, 7) is 4.52. The lowest BCUT2D eigenvalue weighted by molar-refractivity contribution is -0.140. The van der Waals surface area contributed by atoms with Gasteiger partial charge in [-0.3, -0.25) is 19.5 Å². The summed E-state index contributed by atoms with van der Waals surface area (Å²) in [7, 11) is 0. The fraction of sp³-hybridized carbons (Fsp3) is 0.522. The van der Waals surface area contributed by atoms with Gasteiger partial charge >= 0.3 is 0 Å². The van der Waals surface area contributed by atoms with Crippen molar-refractivity contribution in [2.75, 3.05) is 32.8 Å². The number of rotatable bonds is 9. The van der Waals surface area contributed by atoms with Crippen LogP contribution in [0.2, 0.25) is 0 Å². The molecule has 0 radical (unpaired) electrons. The standard InChI is InChI=1S/C23H29FN4O3.HI/c1-2-25-23(26-10-3-13-31-18-8-6-17(24)7-9-18)27-11-12-28-21(29)19-15-4-5-16(14-15)20(19)22(28)30;/h4-9,15-16,19-20H,2-3,10-14H2,1H3,(H2,25,26,27);1H. The van der Waals surface area contributed by atoms with E-state index in [1.165, 1.54) is 17.0 Å². The molecule has 2 amide bonds. The highest BCUT2D eigenvalue weighted by Crippen LogP contribution is 2.52. The van der Waals surface area contributed by atoms with E-state index in [1.807, 2.05) is 6.92 Å². The van der Waals surface area contributed by atoms with Gasteiger partial charge in [-0.25, -0.2) is 4.39 Å². The summed E-state index contributed by atoms with van der Waals surface area (Å²) in [4.78, 5) is 31.4. The molecule has 2 fully saturated rings. The van der Waals surface area contributed by atoms with Crippen LogP contribution in [0.4, 0.5) is 4.39 Å². The zero-order valence-electron chi connectivity index (χ0n) is 18.1. The van der Waals surface area contributed by atoms with Crippen LogP contribution in [0.25, 0.3) is 0 Å². The van der Waals surface area contributed by atoms with Crippen LogP contribution in [-0.2, 0) is 9.59 Å². The molecule has 2 bridgehead atoms. The maximum Gasteiger partial charge on any atom is 0.233 e. The van der Waals surface area contributed by atoms with Crippen LogP contribution in [0.3, 0.4) is 0 Å². The number of likely N-dealkylation sites (tertiary alicyclic amines) is 1. The lowest BCUT2D eigenvalue weighted by Crippen LogP contribution is -2.43. The SMILES string of the molecule is CCNC(=NCCCOc1ccc(F)cc1)NCCN1C(=O)C2C3C=CC(C3)C2C1=O.I. The third-order valence-corrected chi connectivity index (χ3v) is 6.19. The molecular formula is C23H30FIN4O3. The minimum absolute atomic E-state index is 0. The predicted octanol–water partition coefficient (Wildman–Crippen LogP) is 2.57. The number of nitrogens with one attached hydrogen (secondary N) is 2. The van der Waals surface area contributed by atoms with E-state index in [0.29, 0.717) is 50.9 Å². The highest BCUT2D eigenvalue weighted by Gasteiger charge is 2.58. The number of ether oxygens (including phenoxy) is 1. The minimum Gasteiger partial charge on any atom is -0.494 e. The summed E-state index contributed by atoms with van der Waals surface area (Å²) in [6.07, 6.45) is 5.86. The highest BCUT2D eigenvalue weighted by molar-refractivity contribution is 14.0. The Labute approximate surface area is 204 Å². The van der Waals surface area contributed by atoms with E-state index in [4.69, 9.17) is 4.74 Å². The zero-order chi connectivity index (χ0) is 21.8. The lowest BCUT2D eigenvalue weighted by Gasteiger charge is -2.18. The molecule has 3 aliphatic rings. The van der Waals surface area contributed by atoms with Gasteiger partial charge in [-0.1, -0.05) is 12.2 Å². The number of amides is 2. The quantitative estimate of drug-likeness (QED) is 0.122. The molecule has 1 saturated heterocycles. The number of hydrogen-bond donors (Lipinski definition) is 2. The van der Waals surface area contributed by atoms with Crippen LogP contribution in [0.5, 0.6) is 5.75 Å². The van der Waals surface area contributed by atoms with Gasteiger partial charge in [0, 0.05) is 32.6 Å². The molecule has 1 heterocycles. The number of hydrogen-bond acceptors (Lipinski definition) is 4. The highest BCUT2D eigenvalue weighted by atomic mass is 127. The number of carbonyl (C=O) groups excluding carboxylic acids is 2. The van der Waals surface area contributed by atoms with E-state index in [1.54, 1.807) is 12.1 Å². The van der Waals surface area contributed by atoms with Gasteiger partial charge in [0.1, 0.15) is 11.6 Å². The molecule has 0 spiro atoms. The number of benzene rings is 1. The molecule has 4 atom stereocenters. The second-order valence-corrected chi connectivity index (χ2v) is 8.17. The van der Waals surface area contributed by atoms with Gasteiger partial charge < -0.3 is 15.4 Å². The van der Waals surface area contributed by atoms with E-state index < -0.39 is 0 Å². The number of allylic oxidation sites excluding steroid dienone is 2. The van der Waals surface area contributed by atoms with Crippen molar-refractivity contribution in [3.8, 4) is 5.75 Å². The summed E-state index contributed by atoms with van der Waals surface area (Å²) < 4.78 is 18.5. The Morgan fingerprint density at radius 2 is 1.78 bits per heavy atom. The summed E-state index contributed by atoms with van der Waals surface area (Å²) in [5.74, 6) is 1.12. The molecule has 1 aromatic carbocycles. The Bertz CT molecular complexity index is 846. The summed E-state index contributed by atoms with van der Waals surface area (Å²) >= 11 is 0. The summed E-state index contributed by atoms with van der Waals surface area (Å²) in [5, 5.41) is 6.37. The Morgan fingerprint density at radius 1 is 1.12 bits per heavy atom. The number of aliphatic imine (C=N–C) groups is 1. The molecule has 174 valence electrons. The maximum absolute atomic E-state index is 12.9. The van der Waals surface area contributed by atoms with Crippen LogP contribution in [0.1, 0.15) is 19.8 Å². The molecule has 1 aromatic rings. The lowest BCUT2D eigenvalue weighted by atomic mass is 9.85. The van der Waals surface area contributed by atoms with Crippen LogP contribution in [0.15, 0.2) is 41.4 Å². The van der Waals surface area contributed by atoms with Gasteiger partial charge in [-0.15, -0.1) is 24.0 Å². The zero-order valence-corrected chi connectivity index (χ0v) is 20.5. The summed E-state index contributed by atoms with van der Waals surface area (Å²) in [5.41, 5.74) is 0.